The third-order valence-corrected chi connectivity index (χ3v) is 11.3. The fourth-order valence-electron chi connectivity index (χ4n) is 4.55. The zero-order valence-corrected chi connectivity index (χ0v) is 17.9. The second-order valence-corrected chi connectivity index (χ2v) is 13.5. The van der Waals surface area contributed by atoms with Gasteiger partial charge in [0.2, 0.25) is 0 Å². The van der Waals surface area contributed by atoms with Gasteiger partial charge in [-0.1, -0.05) is 81.4 Å². The molecule has 2 aliphatic rings. The highest BCUT2D eigenvalue weighted by Gasteiger charge is 2.64. The molecular weight excluding hydrogens is 348 g/mol. The number of rotatable bonds is 8. The van der Waals surface area contributed by atoms with Crippen molar-refractivity contribution in [2.75, 3.05) is 6.61 Å². The summed E-state index contributed by atoms with van der Waals surface area (Å²) in [6, 6.07) is 21.8. The molecule has 3 heteroatoms. The number of epoxide rings is 1. The Morgan fingerprint density at radius 3 is 1.93 bits per heavy atom. The minimum absolute atomic E-state index is 0.0629. The largest absolute Gasteiger partial charge is 0.407 e. The van der Waals surface area contributed by atoms with Gasteiger partial charge in [0, 0.05) is 6.61 Å². The minimum atomic E-state index is -2.36. The summed E-state index contributed by atoms with van der Waals surface area (Å²) in [5.41, 5.74) is 0.346. The lowest BCUT2D eigenvalue weighted by molar-refractivity contribution is 0.282. The van der Waals surface area contributed by atoms with E-state index in [0.717, 1.165) is 13.0 Å². The molecule has 0 amide bonds. The minimum Gasteiger partial charge on any atom is -0.407 e. The second-order valence-electron chi connectivity index (χ2n) is 9.18. The van der Waals surface area contributed by atoms with E-state index < -0.39 is 8.32 Å². The van der Waals surface area contributed by atoms with Crippen LogP contribution in [0.1, 0.15) is 52.9 Å². The van der Waals surface area contributed by atoms with Gasteiger partial charge in [0.15, 0.2) is 0 Å². The van der Waals surface area contributed by atoms with Gasteiger partial charge in [-0.25, -0.2) is 0 Å². The Morgan fingerprint density at radius 1 is 0.926 bits per heavy atom. The summed E-state index contributed by atoms with van der Waals surface area (Å²) in [4.78, 5) is 0. The van der Waals surface area contributed by atoms with E-state index in [2.05, 4.69) is 81.4 Å². The van der Waals surface area contributed by atoms with Crippen LogP contribution in [0.5, 0.6) is 0 Å². The molecule has 0 aromatic heterocycles. The Balaban J connectivity index is 1.51. The molecule has 1 unspecified atom stereocenters. The first-order valence-electron chi connectivity index (χ1n) is 10.4. The molecule has 1 saturated carbocycles. The molecule has 1 atom stereocenters. The predicted octanol–water partition coefficient (Wildman–Crippen LogP) is 4.66. The van der Waals surface area contributed by atoms with E-state index in [0.29, 0.717) is 11.7 Å². The van der Waals surface area contributed by atoms with Gasteiger partial charge in [-0.15, -0.1) is 0 Å². The first-order valence-corrected chi connectivity index (χ1v) is 12.3. The van der Waals surface area contributed by atoms with Crippen molar-refractivity contribution in [3.63, 3.8) is 0 Å². The zero-order chi connectivity index (χ0) is 19.0. The fourth-order valence-corrected chi connectivity index (χ4v) is 9.16. The lowest BCUT2D eigenvalue weighted by Gasteiger charge is -2.43. The molecule has 0 radical (unpaired) electrons. The van der Waals surface area contributed by atoms with Crippen LogP contribution in [0.2, 0.25) is 5.04 Å². The molecule has 2 aromatic rings. The summed E-state index contributed by atoms with van der Waals surface area (Å²) in [6.45, 7) is 7.85. The predicted molar refractivity (Wildman–Crippen MR) is 114 cm³/mol. The van der Waals surface area contributed by atoms with E-state index in [1.807, 2.05) is 0 Å². The molecule has 1 aliphatic heterocycles. The zero-order valence-electron chi connectivity index (χ0n) is 16.9. The number of unbranched alkanes of at least 4 members (excludes halogenated alkanes) is 1. The highest BCUT2D eigenvalue weighted by atomic mass is 28.4. The molecule has 2 fully saturated rings. The van der Waals surface area contributed by atoms with E-state index in [-0.39, 0.29) is 5.04 Å². The van der Waals surface area contributed by atoms with Gasteiger partial charge < -0.3 is 9.16 Å². The van der Waals surface area contributed by atoms with Crippen LogP contribution in [0.25, 0.3) is 0 Å². The molecule has 1 aliphatic carbocycles. The number of benzene rings is 2. The smallest absolute Gasteiger partial charge is 0.261 e. The molecule has 1 heterocycles. The Morgan fingerprint density at radius 2 is 1.48 bits per heavy atom. The van der Waals surface area contributed by atoms with Crippen LogP contribution in [0.4, 0.5) is 0 Å². The van der Waals surface area contributed by atoms with Crippen molar-refractivity contribution >= 4 is 18.7 Å². The molecule has 1 spiro atoms. The Bertz CT molecular complexity index is 707. The average Bonchev–Trinajstić information content (AvgIpc) is 3.58. The van der Waals surface area contributed by atoms with E-state index in [1.165, 1.54) is 36.1 Å². The maximum absolute atomic E-state index is 6.93. The SMILES string of the molecule is CC(C)(C)[Si](OCCCCC1OC12CC2)(c1ccccc1)c1ccccc1. The standard InChI is InChI=1S/C24H32O2Si/c1-23(2,3)27(20-12-6-4-7-13-20,21-14-8-5-9-15-21)25-19-11-10-16-22-24(26-22)17-18-24/h4-9,12-15,22H,10-11,16-19H2,1-3H3. The summed E-state index contributed by atoms with van der Waals surface area (Å²) < 4.78 is 12.8. The Hall–Kier alpha value is -1.42. The molecule has 2 nitrogen and oxygen atoms in total. The molecule has 27 heavy (non-hydrogen) atoms. The van der Waals surface area contributed by atoms with E-state index >= 15 is 0 Å². The maximum Gasteiger partial charge on any atom is 0.261 e. The maximum atomic E-state index is 6.93. The topological polar surface area (TPSA) is 21.8 Å². The van der Waals surface area contributed by atoms with Crippen LogP contribution >= 0.6 is 0 Å². The summed E-state index contributed by atoms with van der Waals surface area (Å²) in [5.74, 6) is 0. The van der Waals surface area contributed by atoms with E-state index in [4.69, 9.17) is 9.16 Å². The lowest BCUT2D eigenvalue weighted by atomic mass is 10.1. The Kier molecular flexibility index (Phi) is 5.04. The number of hydrogen-bond donors (Lipinski definition) is 0. The molecular formula is C24H32O2Si. The van der Waals surface area contributed by atoms with Crippen molar-refractivity contribution in [1.82, 2.24) is 0 Å². The van der Waals surface area contributed by atoms with Crippen molar-refractivity contribution in [3.05, 3.63) is 60.7 Å². The summed E-state index contributed by atoms with van der Waals surface area (Å²) in [6.07, 6.45) is 6.63. The molecule has 1 saturated heterocycles. The van der Waals surface area contributed by atoms with Crippen LogP contribution in [0, 0.1) is 0 Å². The fraction of sp³-hybridized carbons (Fsp3) is 0.500. The van der Waals surface area contributed by atoms with Gasteiger partial charge in [0.1, 0.15) is 0 Å². The van der Waals surface area contributed by atoms with Crippen molar-refractivity contribution in [1.29, 1.82) is 0 Å². The van der Waals surface area contributed by atoms with Crippen molar-refractivity contribution in [2.24, 2.45) is 0 Å². The molecule has 2 aromatic carbocycles. The summed E-state index contributed by atoms with van der Waals surface area (Å²) in [7, 11) is -2.36. The van der Waals surface area contributed by atoms with Gasteiger partial charge >= 0.3 is 0 Å². The second kappa shape index (κ2) is 7.19. The van der Waals surface area contributed by atoms with Gasteiger partial charge in [0.25, 0.3) is 8.32 Å². The summed E-state index contributed by atoms with van der Waals surface area (Å²) in [5, 5.41) is 2.80. The van der Waals surface area contributed by atoms with E-state index in [9.17, 15) is 0 Å². The monoisotopic (exact) mass is 380 g/mol. The number of hydrogen-bond acceptors (Lipinski definition) is 2. The lowest BCUT2D eigenvalue weighted by Crippen LogP contribution is -2.66. The van der Waals surface area contributed by atoms with Crippen LogP contribution in [-0.2, 0) is 9.16 Å². The molecule has 0 bridgehead atoms. The quantitative estimate of drug-likeness (QED) is 0.377. The highest BCUT2D eigenvalue weighted by molar-refractivity contribution is 6.99. The van der Waals surface area contributed by atoms with Crippen LogP contribution < -0.4 is 10.4 Å². The number of ether oxygens (including phenoxy) is 1. The third-order valence-electron chi connectivity index (χ3n) is 6.25. The average molecular weight is 381 g/mol. The van der Waals surface area contributed by atoms with Gasteiger partial charge in [-0.3, -0.25) is 0 Å². The highest BCUT2D eigenvalue weighted by Crippen LogP contribution is 2.58. The normalized spacial score (nSPS) is 20.6. The molecule has 144 valence electrons. The van der Waals surface area contributed by atoms with Gasteiger partial charge in [-0.2, -0.15) is 0 Å². The van der Waals surface area contributed by atoms with Crippen molar-refractivity contribution in [2.45, 2.75) is 69.6 Å². The first kappa shape index (κ1) is 18.9. The third kappa shape index (κ3) is 3.65. The Labute approximate surface area is 165 Å². The van der Waals surface area contributed by atoms with Crippen LogP contribution in [0.15, 0.2) is 60.7 Å². The van der Waals surface area contributed by atoms with E-state index in [1.54, 1.807) is 0 Å². The van der Waals surface area contributed by atoms with Crippen LogP contribution in [0.3, 0.4) is 0 Å². The van der Waals surface area contributed by atoms with Gasteiger partial charge in [0.05, 0.1) is 11.7 Å². The van der Waals surface area contributed by atoms with Gasteiger partial charge in [-0.05, 0) is 47.5 Å². The van der Waals surface area contributed by atoms with Crippen LogP contribution in [-0.4, -0.2) is 26.6 Å². The molecule has 0 N–H and O–H groups in total. The summed E-state index contributed by atoms with van der Waals surface area (Å²) >= 11 is 0. The van der Waals surface area contributed by atoms with Crippen molar-refractivity contribution in [3.8, 4) is 0 Å². The molecule has 4 rings (SSSR count). The van der Waals surface area contributed by atoms with Crippen molar-refractivity contribution < 1.29 is 9.16 Å². The first-order chi connectivity index (χ1) is 13.0.